The van der Waals surface area contributed by atoms with Crippen LogP contribution in [0.1, 0.15) is 31.8 Å². The average Bonchev–Trinajstić information content (AvgIpc) is 2.91. The molecule has 1 atom stereocenters. The Balaban J connectivity index is 1.72. The van der Waals surface area contributed by atoms with Gasteiger partial charge in [0.05, 0.1) is 0 Å². The Morgan fingerprint density at radius 2 is 1.48 bits per heavy atom. The number of nitrogens with zero attached hydrogens (tertiary/aromatic N) is 1. The highest BCUT2D eigenvalue weighted by molar-refractivity contribution is 6.02. The van der Waals surface area contributed by atoms with Crippen LogP contribution in [0.4, 0.5) is 0 Å². The van der Waals surface area contributed by atoms with Crippen molar-refractivity contribution in [3.8, 4) is 0 Å². The van der Waals surface area contributed by atoms with E-state index in [4.69, 9.17) is 0 Å². The van der Waals surface area contributed by atoms with Crippen LogP contribution < -0.4 is 5.43 Å². The SMILES string of the molecule is O=C(NN1C(=O)c2ccccc2[C@]1(O)Cc1ccccc1)c1ccccc1. The Morgan fingerprint density at radius 1 is 0.889 bits per heavy atom. The van der Waals surface area contributed by atoms with Crippen LogP contribution in [0.2, 0.25) is 0 Å². The number of rotatable bonds is 4. The van der Waals surface area contributed by atoms with Gasteiger partial charge in [-0.2, -0.15) is 0 Å². The highest BCUT2D eigenvalue weighted by atomic mass is 16.3. The number of aliphatic hydroxyl groups is 1. The summed E-state index contributed by atoms with van der Waals surface area (Å²) in [5, 5.41) is 12.6. The van der Waals surface area contributed by atoms with Crippen molar-refractivity contribution >= 4 is 11.8 Å². The van der Waals surface area contributed by atoms with E-state index in [0.29, 0.717) is 16.7 Å². The van der Waals surface area contributed by atoms with Crippen molar-refractivity contribution in [1.29, 1.82) is 0 Å². The molecule has 0 aromatic heterocycles. The maximum absolute atomic E-state index is 12.9. The molecule has 4 rings (SSSR count). The quantitative estimate of drug-likeness (QED) is 0.753. The molecule has 1 aliphatic heterocycles. The van der Waals surface area contributed by atoms with Gasteiger partial charge in [0.25, 0.3) is 11.8 Å². The fraction of sp³-hybridized carbons (Fsp3) is 0.0909. The van der Waals surface area contributed by atoms with Crippen molar-refractivity contribution in [2.24, 2.45) is 0 Å². The predicted molar refractivity (Wildman–Crippen MR) is 101 cm³/mol. The Hall–Kier alpha value is -3.44. The first-order valence-corrected chi connectivity index (χ1v) is 8.66. The topological polar surface area (TPSA) is 69.6 Å². The number of hydrazine groups is 1. The van der Waals surface area contributed by atoms with E-state index in [-0.39, 0.29) is 6.42 Å². The van der Waals surface area contributed by atoms with Crippen LogP contribution in [-0.2, 0) is 12.1 Å². The molecule has 27 heavy (non-hydrogen) atoms. The molecule has 2 N–H and O–H groups in total. The van der Waals surface area contributed by atoms with E-state index >= 15 is 0 Å². The summed E-state index contributed by atoms with van der Waals surface area (Å²) in [5.41, 5.74) is 3.04. The van der Waals surface area contributed by atoms with Crippen LogP contribution >= 0.6 is 0 Å². The molecule has 1 aliphatic rings. The number of fused-ring (bicyclic) bond motifs is 1. The van der Waals surface area contributed by atoms with Crippen LogP contribution in [0.3, 0.4) is 0 Å². The van der Waals surface area contributed by atoms with Gasteiger partial charge in [-0.1, -0.05) is 66.7 Å². The highest BCUT2D eigenvalue weighted by Gasteiger charge is 2.49. The molecule has 3 aromatic carbocycles. The number of nitrogens with one attached hydrogen (secondary N) is 1. The maximum Gasteiger partial charge on any atom is 0.275 e. The van der Waals surface area contributed by atoms with Crippen molar-refractivity contribution in [3.05, 3.63) is 107 Å². The Kier molecular flexibility index (Phi) is 4.22. The fourth-order valence-electron chi connectivity index (χ4n) is 3.38. The molecule has 0 saturated heterocycles. The molecule has 0 radical (unpaired) electrons. The zero-order chi connectivity index (χ0) is 18.9. The first-order chi connectivity index (χ1) is 13.1. The van der Waals surface area contributed by atoms with Crippen LogP contribution in [0.5, 0.6) is 0 Å². The predicted octanol–water partition coefficient (Wildman–Crippen LogP) is 2.88. The number of hydrogen-bond acceptors (Lipinski definition) is 3. The molecule has 2 amide bonds. The fourth-order valence-corrected chi connectivity index (χ4v) is 3.38. The highest BCUT2D eigenvalue weighted by Crippen LogP contribution is 2.38. The lowest BCUT2D eigenvalue weighted by Crippen LogP contribution is -2.55. The van der Waals surface area contributed by atoms with Crippen LogP contribution in [0.25, 0.3) is 0 Å². The molecule has 0 fully saturated rings. The minimum Gasteiger partial charge on any atom is -0.365 e. The van der Waals surface area contributed by atoms with Crippen molar-refractivity contribution in [1.82, 2.24) is 10.4 Å². The molecule has 5 heteroatoms. The lowest BCUT2D eigenvalue weighted by Gasteiger charge is -2.34. The van der Waals surface area contributed by atoms with Crippen LogP contribution in [-0.4, -0.2) is 21.9 Å². The smallest absolute Gasteiger partial charge is 0.275 e. The second kappa shape index (κ2) is 6.70. The summed E-state index contributed by atoms with van der Waals surface area (Å²) in [6, 6.07) is 24.8. The van der Waals surface area contributed by atoms with E-state index in [1.54, 1.807) is 54.6 Å². The van der Waals surface area contributed by atoms with Crippen molar-refractivity contribution in [2.75, 3.05) is 0 Å². The Bertz CT molecular complexity index is 989. The molecule has 0 aliphatic carbocycles. The molecular formula is C22H18N2O3. The van der Waals surface area contributed by atoms with Gasteiger partial charge in [0.1, 0.15) is 0 Å². The van der Waals surface area contributed by atoms with Gasteiger partial charge < -0.3 is 5.11 Å². The molecule has 0 saturated carbocycles. The summed E-state index contributed by atoms with van der Waals surface area (Å²) in [6.45, 7) is 0. The minimum absolute atomic E-state index is 0.158. The standard InChI is InChI=1S/C22H18N2O3/c25-20(17-11-5-2-6-12-17)23-24-21(26)18-13-7-8-14-19(18)22(24,27)15-16-9-3-1-4-10-16/h1-14,27H,15H2,(H,23,25)/t22-/m1/s1. The number of benzene rings is 3. The normalized spacial score (nSPS) is 18.3. The molecule has 3 aromatic rings. The van der Waals surface area contributed by atoms with E-state index in [2.05, 4.69) is 5.43 Å². The van der Waals surface area contributed by atoms with E-state index in [1.807, 2.05) is 30.3 Å². The number of carbonyl (C=O) groups excluding carboxylic acids is 2. The van der Waals surface area contributed by atoms with Crippen LogP contribution in [0.15, 0.2) is 84.9 Å². The first-order valence-electron chi connectivity index (χ1n) is 8.66. The van der Waals surface area contributed by atoms with Gasteiger partial charge in [0, 0.05) is 23.1 Å². The molecule has 0 unspecified atom stereocenters. The summed E-state index contributed by atoms with van der Waals surface area (Å²) >= 11 is 0. The summed E-state index contributed by atoms with van der Waals surface area (Å²) in [4.78, 5) is 25.5. The van der Waals surface area contributed by atoms with Crippen molar-refractivity contribution < 1.29 is 14.7 Å². The largest absolute Gasteiger partial charge is 0.365 e. The molecule has 5 nitrogen and oxygen atoms in total. The molecule has 134 valence electrons. The Labute approximate surface area is 156 Å². The third-order valence-corrected chi connectivity index (χ3v) is 4.70. The van der Waals surface area contributed by atoms with Gasteiger partial charge in [-0.15, -0.1) is 0 Å². The number of hydrogen-bond donors (Lipinski definition) is 2. The van der Waals surface area contributed by atoms with Gasteiger partial charge in [0.2, 0.25) is 0 Å². The second-order valence-corrected chi connectivity index (χ2v) is 6.47. The summed E-state index contributed by atoms with van der Waals surface area (Å²) in [5.74, 6) is -0.892. The lowest BCUT2D eigenvalue weighted by molar-refractivity contribution is -0.102. The summed E-state index contributed by atoms with van der Waals surface area (Å²) in [6.07, 6.45) is 0.158. The van der Waals surface area contributed by atoms with E-state index < -0.39 is 17.5 Å². The number of carbonyl (C=O) groups is 2. The van der Waals surface area contributed by atoms with E-state index in [9.17, 15) is 14.7 Å². The van der Waals surface area contributed by atoms with E-state index in [1.165, 1.54) is 0 Å². The molecule has 1 heterocycles. The zero-order valence-electron chi connectivity index (χ0n) is 14.5. The number of amides is 2. The summed E-state index contributed by atoms with van der Waals surface area (Å²) in [7, 11) is 0. The monoisotopic (exact) mass is 358 g/mol. The van der Waals surface area contributed by atoms with E-state index in [0.717, 1.165) is 10.6 Å². The average molecular weight is 358 g/mol. The third kappa shape index (κ3) is 2.98. The zero-order valence-corrected chi connectivity index (χ0v) is 14.5. The van der Waals surface area contributed by atoms with Crippen molar-refractivity contribution in [3.63, 3.8) is 0 Å². The summed E-state index contributed by atoms with van der Waals surface area (Å²) < 4.78 is 0. The van der Waals surface area contributed by atoms with Gasteiger partial charge >= 0.3 is 0 Å². The molecule has 0 bridgehead atoms. The first kappa shape index (κ1) is 17.0. The molecule has 0 spiro atoms. The molecular weight excluding hydrogens is 340 g/mol. The Morgan fingerprint density at radius 3 is 2.19 bits per heavy atom. The van der Waals surface area contributed by atoms with Gasteiger partial charge in [-0.05, 0) is 23.8 Å². The maximum atomic E-state index is 12.9. The minimum atomic E-state index is -1.67. The third-order valence-electron chi connectivity index (χ3n) is 4.70. The van der Waals surface area contributed by atoms with Gasteiger partial charge in [-0.25, -0.2) is 5.01 Å². The second-order valence-electron chi connectivity index (χ2n) is 6.47. The van der Waals surface area contributed by atoms with Gasteiger partial charge in [-0.3, -0.25) is 15.0 Å². The van der Waals surface area contributed by atoms with Crippen LogP contribution in [0, 0.1) is 0 Å². The van der Waals surface area contributed by atoms with Crippen molar-refractivity contribution in [2.45, 2.75) is 12.1 Å². The van der Waals surface area contributed by atoms with Gasteiger partial charge in [0.15, 0.2) is 5.72 Å². The lowest BCUT2D eigenvalue weighted by atomic mass is 9.95.